The Bertz CT molecular complexity index is 686. The summed E-state index contributed by atoms with van der Waals surface area (Å²) in [7, 11) is 0. The maximum absolute atomic E-state index is 12.1. The second-order valence-electron chi connectivity index (χ2n) is 4.65. The van der Waals surface area contributed by atoms with Gasteiger partial charge in [0.15, 0.2) is 0 Å². The number of fused-ring (bicyclic) bond motifs is 1. The zero-order chi connectivity index (χ0) is 13.4. The number of nitrogens with zero attached hydrogens (tertiary/aromatic N) is 1. The van der Waals surface area contributed by atoms with Crippen LogP contribution in [0.4, 0.5) is 0 Å². The molecule has 0 atom stereocenters. The van der Waals surface area contributed by atoms with Crippen molar-refractivity contribution < 1.29 is 4.79 Å². The minimum Gasteiger partial charge on any atom is -0.267 e. The van der Waals surface area contributed by atoms with Crippen molar-refractivity contribution in [3.8, 4) is 0 Å². The maximum atomic E-state index is 12.1. The van der Waals surface area contributed by atoms with E-state index in [0.717, 1.165) is 28.0 Å². The van der Waals surface area contributed by atoms with Crippen LogP contribution in [0, 0.1) is 6.92 Å². The zero-order valence-electron chi connectivity index (χ0n) is 10.5. The van der Waals surface area contributed by atoms with Crippen LogP contribution in [0.15, 0.2) is 47.5 Å². The first-order valence-electron chi connectivity index (χ1n) is 6.11. The highest BCUT2D eigenvalue weighted by Crippen LogP contribution is 2.23. The van der Waals surface area contributed by atoms with Crippen LogP contribution in [-0.2, 0) is 6.42 Å². The molecular weight excluding hydrogens is 258 g/mol. The molecule has 2 aromatic rings. The smallest absolute Gasteiger partial charge is 0.267 e. The predicted molar refractivity (Wildman–Crippen MR) is 77.2 cm³/mol. The molecule has 0 unspecified atom stereocenters. The van der Waals surface area contributed by atoms with Crippen molar-refractivity contribution in [3.05, 3.63) is 69.7 Å². The average molecular weight is 270 g/mol. The number of aryl methyl sites for hydroxylation is 1. The summed E-state index contributed by atoms with van der Waals surface area (Å²) >= 11 is 5.88. The number of carbonyl (C=O) groups is 1. The number of halogens is 1. The molecule has 0 radical (unpaired) electrons. The number of carbonyl (C=O) groups excluding carboxylic acids is 1. The second-order valence-corrected chi connectivity index (χ2v) is 5.08. The van der Waals surface area contributed by atoms with Gasteiger partial charge in [-0.3, -0.25) is 4.79 Å². The van der Waals surface area contributed by atoms with Gasteiger partial charge in [-0.1, -0.05) is 35.9 Å². The monoisotopic (exact) mass is 269 g/mol. The summed E-state index contributed by atoms with van der Waals surface area (Å²) in [6, 6.07) is 13.2. The first-order chi connectivity index (χ1) is 9.15. The van der Waals surface area contributed by atoms with Crippen molar-refractivity contribution in [1.82, 2.24) is 0 Å². The fraction of sp³-hybridized carbons (Fsp3) is 0.125. The van der Waals surface area contributed by atoms with E-state index in [2.05, 4.69) is 4.99 Å². The number of hydrogen-bond acceptors (Lipinski definition) is 1. The van der Waals surface area contributed by atoms with Gasteiger partial charge >= 0.3 is 0 Å². The van der Waals surface area contributed by atoms with Gasteiger partial charge in [0.1, 0.15) is 0 Å². The van der Waals surface area contributed by atoms with Crippen molar-refractivity contribution >= 4 is 23.2 Å². The van der Waals surface area contributed by atoms with E-state index in [1.807, 2.05) is 49.4 Å². The first-order valence-corrected chi connectivity index (χ1v) is 6.49. The molecule has 0 spiro atoms. The predicted octanol–water partition coefficient (Wildman–Crippen LogP) is 3.83. The molecule has 0 saturated carbocycles. The largest absolute Gasteiger partial charge is 0.277 e. The van der Waals surface area contributed by atoms with Crippen molar-refractivity contribution in [2.75, 3.05) is 0 Å². The molecule has 1 aliphatic rings. The summed E-state index contributed by atoms with van der Waals surface area (Å²) in [4.78, 5) is 16.3. The third kappa shape index (κ3) is 2.20. The molecule has 0 fully saturated rings. The topological polar surface area (TPSA) is 29.4 Å². The van der Waals surface area contributed by atoms with Crippen LogP contribution >= 0.6 is 11.6 Å². The van der Waals surface area contributed by atoms with E-state index in [9.17, 15) is 4.79 Å². The summed E-state index contributed by atoms with van der Waals surface area (Å²) < 4.78 is 0. The summed E-state index contributed by atoms with van der Waals surface area (Å²) in [6.45, 7) is 2.02. The van der Waals surface area contributed by atoms with Crippen LogP contribution in [0.2, 0.25) is 5.02 Å². The molecule has 3 rings (SSSR count). The SMILES string of the molecule is Cc1cccc2c1CC(c1ccc(Cl)cc1)=NC2=O. The summed E-state index contributed by atoms with van der Waals surface area (Å²) in [5.74, 6) is -0.157. The molecular formula is C16H12ClNO. The Morgan fingerprint density at radius 3 is 2.58 bits per heavy atom. The Morgan fingerprint density at radius 1 is 1.11 bits per heavy atom. The van der Waals surface area contributed by atoms with Gasteiger partial charge in [0, 0.05) is 17.0 Å². The van der Waals surface area contributed by atoms with Crippen LogP contribution in [0.5, 0.6) is 0 Å². The minimum atomic E-state index is -0.157. The molecule has 1 amide bonds. The Balaban J connectivity index is 2.06. The molecule has 0 aliphatic carbocycles. The molecule has 2 nitrogen and oxygen atoms in total. The number of benzene rings is 2. The summed E-state index contributed by atoms with van der Waals surface area (Å²) in [5.41, 5.74) is 4.69. The van der Waals surface area contributed by atoms with E-state index in [0.29, 0.717) is 11.4 Å². The third-order valence-electron chi connectivity index (χ3n) is 3.40. The lowest BCUT2D eigenvalue weighted by Gasteiger charge is -2.17. The summed E-state index contributed by atoms with van der Waals surface area (Å²) in [6.07, 6.45) is 0.690. The molecule has 0 aromatic heterocycles. The van der Waals surface area contributed by atoms with Gasteiger partial charge in [-0.2, -0.15) is 0 Å². The first kappa shape index (κ1) is 12.1. The quantitative estimate of drug-likeness (QED) is 0.773. The van der Waals surface area contributed by atoms with Crippen molar-refractivity contribution in [1.29, 1.82) is 0 Å². The van der Waals surface area contributed by atoms with Gasteiger partial charge in [0.2, 0.25) is 0 Å². The molecule has 3 heteroatoms. The van der Waals surface area contributed by atoms with Crippen LogP contribution in [0.1, 0.15) is 27.0 Å². The van der Waals surface area contributed by atoms with Gasteiger partial charge < -0.3 is 0 Å². The van der Waals surface area contributed by atoms with Gasteiger partial charge in [-0.25, -0.2) is 4.99 Å². The lowest BCUT2D eigenvalue weighted by molar-refractivity contribution is 0.1000. The molecule has 0 N–H and O–H groups in total. The second kappa shape index (κ2) is 4.63. The number of hydrogen-bond donors (Lipinski definition) is 0. The fourth-order valence-corrected chi connectivity index (χ4v) is 2.46. The van der Waals surface area contributed by atoms with E-state index in [1.165, 1.54) is 0 Å². The van der Waals surface area contributed by atoms with E-state index in [4.69, 9.17) is 11.6 Å². The van der Waals surface area contributed by atoms with Crippen LogP contribution < -0.4 is 0 Å². The lowest BCUT2D eigenvalue weighted by Crippen LogP contribution is -2.18. The Morgan fingerprint density at radius 2 is 1.84 bits per heavy atom. The van der Waals surface area contributed by atoms with Crippen LogP contribution in [0.3, 0.4) is 0 Å². The van der Waals surface area contributed by atoms with E-state index in [-0.39, 0.29) is 5.91 Å². The third-order valence-corrected chi connectivity index (χ3v) is 3.65. The molecule has 0 saturated heterocycles. The van der Waals surface area contributed by atoms with E-state index in [1.54, 1.807) is 0 Å². The normalized spacial score (nSPS) is 14.0. The van der Waals surface area contributed by atoms with Crippen molar-refractivity contribution in [3.63, 3.8) is 0 Å². The molecule has 19 heavy (non-hydrogen) atoms. The van der Waals surface area contributed by atoms with E-state index >= 15 is 0 Å². The molecule has 94 valence electrons. The molecule has 0 bridgehead atoms. The highest BCUT2D eigenvalue weighted by molar-refractivity contribution is 6.30. The number of rotatable bonds is 1. The van der Waals surface area contributed by atoms with Gasteiger partial charge in [0.25, 0.3) is 5.91 Å². The van der Waals surface area contributed by atoms with Crippen LogP contribution in [-0.4, -0.2) is 11.6 Å². The Kier molecular flexibility index (Phi) is 2.96. The average Bonchev–Trinajstić information content (AvgIpc) is 2.41. The number of aliphatic imine (C=N–C) groups is 1. The van der Waals surface area contributed by atoms with Crippen molar-refractivity contribution in [2.45, 2.75) is 13.3 Å². The van der Waals surface area contributed by atoms with E-state index < -0.39 is 0 Å². The van der Waals surface area contributed by atoms with Crippen LogP contribution in [0.25, 0.3) is 0 Å². The maximum Gasteiger partial charge on any atom is 0.277 e. The van der Waals surface area contributed by atoms with Crippen molar-refractivity contribution in [2.24, 2.45) is 4.99 Å². The fourth-order valence-electron chi connectivity index (χ4n) is 2.34. The van der Waals surface area contributed by atoms with Gasteiger partial charge in [-0.05, 0) is 41.8 Å². The Hall–Kier alpha value is -1.93. The highest BCUT2D eigenvalue weighted by atomic mass is 35.5. The van der Waals surface area contributed by atoms with Gasteiger partial charge in [-0.15, -0.1) is 0 Å². The molecule has 2 aromatic carbocycles. The minimum absolute atomic E-state index is 0.157. The summed E-state index contributed by atoms with van der Waals surface area (Å²) in [5, 5.41) is 0.683. The highest BCUT2D eigenvalue weighted by Gasteiger charge is 2.21. The standard InChI is InChI=1S/C16H12ClNO/c1-10-3-2-4-13-14(10)9-15(18-16(13)19)11-5-7-12(17)8-6-11/h2-8H,9H2,1H3. The molecule has 1 aliphatic heterocycles. The zero-order valence-corrected chi connectivity index (χ0v) is 11.2. The lowest BCUT2D eigenvalue weighted by atomic mass is 9.91. The van der Waals surface area contributed by atoms with Gasteiger partial charge in [0.05, 0.1) is 5.71 Å². The molecule has 1 heterocycles. The number of amides is 1. The Labute approximate surface area is 116 Å².